The predicted molar refractivity (Wildman–Crippen MR) is 120 cm³/mol. The van der Waals surface area contributed by atoms with Crippen LogP contribution in [0.25, 0.3) is 0 Å². The van der Waals surface area contributed by atoms with Crippen LogP contribution >= 0.6 is 0 Å². The number of carbonyl (C=O) groups excluding carboxylic acids is 2. The van der Waals surface area contributed by atoms with Gasteiger partial charge in [-0.05, 0) is 48.7 Å². The first kappa shape index (κ1) is 22.6. The molecule has 1 saturated heterocycles. The van der Waals surface area contributed by atoms with Crippen LogP contribution in [0.4, 0.5) is 10.5 Å². The summed E-state index contributed by atoms with van der Waals surface area (Å²) in [7, 11) is 0. The maximum Gasteiger partial charge on any atom is 0.409 e. The van der Waals surface area contributed by atoms with Crippen LogP contribution in [-0.2, 0) is 9.53 Å². The molecule has 0 saturated carbocycles. The minimum atomic E-state index is -0.266. The van der Waals surface area contributed by atoms with Crippen molar-refractivity contribution in [3.05, 3.63) is 54.6 Å². The first-order valence-corrected chi connectivity index (χ1v) is 10.8. The molecule has 0 spiro atoms. The standard InChI is InChI=1S/C24H31N3O4/c1-19(2)18-30-24(29)27-14-6-13-26(15-16-27)17-23(28)25-20-9-11-22(12-10-20)31-21-7-4-3-5-8-21/h3-5,7-12,19H,6,13-18H2,1-2H3,(H,25,28). The molecule has 7 nitrogen and oxygen atoms in total. The first-order valence-electron chi connectivity index (χ1n) is 10.8. The summed E-state index contributed by atoms with van der Waals surface area (Å²) in [5, 5.41) is 2.93. The smallest absolute Gasteiger partial charge is 0.409 e. The van der Waals surface area contributed by atoms with Gasteiger partial charge in [0.2, 0.25) is 5.91 Å². The normalized spacial score (nSPS) is 14.7. The highest BCUT2D eigenvalue weighted by molar-refractivity contribution is 5.92. The fourth-order valence-corrected chi connectivity index (χ4v) is 3.28. The third-order valence-corrected chi connectivity index (χ3v) is 4.87. The molecule has 7 heteroatoms. The van der Waals surface area contributed by atoms with Gasteiger partial charge in [-0.1, -0.05) is 32.0 Å². The predicted octanol–water partition coefficient (Wildman–Crippen LogP) is 4.22. The fraction of sp³-hybridized carbons (Fsp3) is 0.417. The van der Waals surface area contributed by atoms with Gasteiger partial charge in [-0.15, -0.1) is 0 Å². The van der Waals surface area contributed by atoms with E-state index < -0.39 is 0 Å². The topological polar surface area (TPSA) is 71.1 Å². The van der Waals surface area contributed by atoms with E-state index in [4.69, 9.17) is 9.47 Å². The van der Waals surface area contributed by atoms with Gasteiger partial charge < -0.3 is 19.7 Å². The average Bonchev–Trinajstić information content (AvgIpc) is 3.00. The molecule has 2 amide bonds. The van der Waals surface area contributed by atoms with Gasteiger partial charge in [-0.2, -0.15) is 0 Å². The summed E-state index contributed by atoms with van der Waals surface area (Å²) in [6, 6.07) is 16.9. The molecule has 3 rings (SSSR count). The fourth-order valence-electron chi connectivity index (χ4n) is 3.28. The van der Waals surface area contributed by atoms with Gasteiger partial charge in [-0.25, -0.2) is 4.79 Å². The van der Waals surface area contributed by atoms with E-state index >= 15 is 0 Å². The van der Waals surface area contributed by atoms with Crippen LogP contribution < -0.4 is 10.1 Å². The second-order valence-electron chi connectivity index (χ2n) is 8.08. The van der Waals surface area contributed by atoms with E-state index in [1.165, 1.54) is 0 Å². The largest absolute Gasteiger partial charge is 0.457 e. The lowest BCUT2D eigenvalue weighted by Gasteiger charge is -2.21. The Kier molecular flexibility index (Phi) is 8.29. The molecule has 2 aromatic carbocycles. The van der Waals surface area contributed by atoms with E-state index in [1.54, 1.807) is 4.90 Å². The van der Waals surface area contributed by atoms with E-state index in [0.29, 0.717) is 37.9 Å². The van der Waals surface area contributed by atoms with Crippen molar-refractivity contribution in [2.75, 3.05) is 44.6 Å². The molecule has 0 atom stereocenters. The van der Waals surface area contributed by atoms with Crippen LogP contribution in [-0.4, -0.2) is 61.1 Å². The van der Waals surface area contributed by atoms with Crippen molar-refractivity contribution >= 4 is 17.7 Å². The highest BCUT2D eigenvalue weighted by Crippen LogP contribution is 2.22. The first-order chi connectivity index (χ1) is 15.0. The molecular formula is C24H31N3O4. The summed E-state index contributed by atoms with van der Waals surface area (Å²) in [6.07, 6.45) is 0.549. The average molecular weight is 426 g/mol. The number of nitrogens with one attached hydrogen (secondary N) is 1. The minimum Gasteiger partial charge on any atom is -0.457 e. The zero-order valence-electron chi connectivity index (χ0n) is 18.3. The van der Waals surface area contributed by atoms with Crippen molar-refractivity contribution in [1.29, 1.82) is 0 Å². The second kappa shape index (κ2) is 11.4. The Balaban J connectivity index is 1.43. The quantitative estimate of drug-likeness (QED) is 0.719. The molecule has 166 valence electrons. The molecule has 0 aliphatic carbocycles. The van der Waals surface area contributed by atoms with Crippen LogP contribution in [0, 0.1) is 5.92 Å². The van der Waals surface area contributed by atoms with Crippen molar-refractivity contribution in [2.45, 2.75) is 20.3 Å². The number of carbonyl (C=O) groups is 2. The molecule has 0 aromatic heterocycles. The number of anilines is 1. The van der Waals surface area contributed by atoms with Gasteiger partial charge in [-0.3, -0.25) is 9.69 Å². The molecular weight excluding hydrogens is 394 g/mol. The maximum absolute atomic E-state index is 12.5. The number of para-hydroxylation sites is 1. The zero-order chi connectivity index (χ0) is 22.1. The summed E-state index contributed by atoms with van der Waals surface area (Å²) >= 11 is 0. The van der Waals surface area contributed by atoms with E-state index in [0.717, 1.165) is 24.4 Å². The van der Waals surface area contributed by atoms with Crippen molar-refractivity contribution in [3.63, 3.8) is 0 Å². The van der Waals surface area contributed by atoms with E-state index in [9.17, 15) is 9.59 Å². The Hall–Kier alpha value is -3.06. The van der Waals surface area contributed by atoms with Crippen molar-refractivity contribution < 1.29 is 19.1 Å². The van der Waals surface area contributed by atoms with E-state index in [2.05, 4.69) is 10.2 Å². The number of rotatable bonds is 7. The van der Waals surface area contributed by atoms with Gasteiger partial charge in [0.05, 0.1) is 13.2 Å². The lowest BCUT2D eigenvalue weighted by Crippen LogP contribution is -2.38. The van der Waals surface area contributed by atoms with Crippen molar-refractivity contribution in [3.8, 4) is 11.5 Å². The van der Waals surface area contributed by atoms with Crippen molar-refractivity contribution in [1.82, 2.24) is 9.80 Å². The second-order valence-corrected chi connectivity index (χ2v) is 8.08. The SMILES string of the molecule is CC(C)COC(=O)N1CCCN(CC(=O)Nc2ccc(Oc3ccccc3)cc2)CC1. The lowest BCUT2D eigenvalue weighted by molar-refractivity contribution is -0.117. The van der Waals surface area contributed by atoms with Gasteiger partial charge in [0, 0.05) is 31.9 Å². The molecule has 1 N–H and O–H groups in total. The van der Waals surface area contributed by atoms with Gasteiger partial charge in [0.25, 0.3) is 0 Å². The third kappa shape index (κ3) is 7.61. The van der Waals surface area contributed by atoms with Crippen molar-refractivity contribution in [2.24, 2.45) is 5.92 Å². The van der Waals surface area contributed by atoms with Crippen LogP contribution in [0.1, 0.15) is 20.3 Å². The van der Waals surface area contributed by atoms with Crippen LogP contribution in [0.2, 0.25) is 0 Å². The van der Waals surface area contributed by atoms with Gasteiger partial charge in [0.15, 0.2) is 0 Å². The number of hydrogen-bond donors (Lipinski definition) is 1. The Morgan fingerprint density at radius 1 is 0.935 bits per heavy atom. The number of benzene rings is 2. The van der Waals surface area contributed by atoms with E-state index in [1.807, 2.05) is 68.4 Å². The summed E-state index contributed by atoms with van der Waals surface area (Å²) in [5.74, 6) is 1.71. The molecule has 0 bridgehead atoms. The molecule has 0 unspecified atom stereocenters. The number of nitrogens with zero attached hydrogens (tertiary/aromatic N) is 2. The van der Waals surface area contributed by atoms with Crippen LogP contribution in [0.15, 0.2) is 54.6 Å². The van der Waals surface area contributed by atoms with E-state index in [-0.39, 0.29) is 18.5 Å². The Labute approximate surface area is 183 Å². The highest BCUT2D eigenvalue weighted by Gasteiger charge is 2.21. The monoisotopic (exact) mass is 425 g/mol. The summed E-state index contributed by atoms with van der Waals surface area (Å²) in [6.45, 7) is 7.38. The molecule has 2 aromatic rings. The lowest BCUT2D eigenvalue weighted by atomic mass is 10.2. The Morgan fingerprint density at radius 2 is 1.65 bits per heavy atom. The minimum absolute atomic E-state index is 0.0763. The number of hydrogen-bond acceptors (Lipinski definition) is 5. The molecule has 1 aliphatic heterocycles. The number of ether oxygens (including phenoxy) is 2. The number of amides is 2. The van der Waals surface area contributed by atoms with Crippen LogP contribution in [0.5, 0.6) is 11.5 Å². The molecule has 1 fully saturated rings. The summed E-state index contributed by atoms with van der Waals surface area (Å²) < 4.78 is 11.1. The summed E-state index contributed by atoms with van der Waals surface area (Å²) in [5.41, 5.74) is 0.721. The zero-order valence-corrected chi connectivity index (χ0v) is 18.3. The highest BCUT2D eigenvalue weighted by atomic mass is 16.6. The molecule has 0 radical (unpaired) electrons. The Morgan fingerprint density at radius 3 is 2.35 bits per heavy atom. The molecule has 1 heterocycles. The Bertz CT molecular complexity index is 840. The summed E-state index contributed by atoms with van der Waals surface area (Å²) in [4.78, 5) is 28.4. The molecule has 31 heavy (non-hydrogen) atoms. The molecule has 1 aliphatic rings. The maximum atomic E-state index is 12.5. The third-order valence-electron chi connectivity index (χ3n) is 4.87. The van der Waals surface area contributed by atoms with Crippen LogP contribution in [0.3, 0.4) is 0 Å². The van der Waals surface area contributed by atoms with Gasteiger partial charge in [0.1, 0.15) is 11.5 Å². The van der Waals surface area contributed by atoms with Gasteiger partial charge >= 0.3 is 6.09 Å².